The van der Waals surface area contributed by atoms with Gasteiger partial charge in [-0.1, -0.05) is 32.0 Å². The fraction of sp³-hybridized carbons (Fsp3) is 0.250. The molecule has 0 saturated heterocycles. The second kappa shape index (κ2) is 3.29. The first-order chi connectivity index (χ1) is 6.68. The lowest BCUT2D eigenvalue weighted by molar-refractivity contribution is 0.834. The molecule has 2 heteroatoms. The van der Waals surface area contributed by atoms with Gasteiger partial charge < -0.3 is 5.73 Å². The fourth-order valence-corrected chi connectivity index (χ4v) is 1.61. The Kier molecular flexibility index (Phi) is 2.12. The summed E-state index contributed by atoms with van der Waals surface area (Å²) in [7, 11) is 0. The zero-order valence-corrected chi connectivity index (χ0v) is 8.49. The number of benzene rings is 1. The number of hydrogen-bond acceptors (Lipinski definition) is 2. The highest BCUT2D eigenvalue weighted by atomic mass is 14.8. The van der Waals surface area contributed by atoms with Crippen LogP contribution in [0.3, 0.4) is 0 Å². The van der Waals surface area contributed by atoms with Crippen LogP contribution in [0.4, 0.5) is 5.69 Å². The number of aromatic nitrogens is 1. The molecule has 0 amide bonds. The van der Waals surface area contributed by atoms with Crippen LogP contribution < -0.4 is 5.73 Å². The fourth-order valence-electron chi connectivity index (χ4n) is 1.61. The average molecular weight is 186 g/mol. The van der Waals surface area contributed by atoms with E-state index in [1.807, 2.05) is 30.3 Å². The maximum Gasteiger partial charge on any atom is 0.0707 e. The van der Waals surface area contributed by atoms with Crippen LogP contribution in [0.15, 0.2) is 30.3 Å². The molecule has 0 aliphatic rings. The normalized spacial score (nSPS) is 11.1. The van der Waals surface area contributed by atoms with Crippen LogP contribution in [0.2, 0.25) is 0 Å². The third-order valence-electron chi connectivity index (χ3n) is 2.33. The summed E-state index contributed by atoms with van der Waals surface area (Å²) in [6.07, 6.45) is 0. The van der Waals surface area contributed by atoms with Gasteiger partial charge in [0.05, 0.1) is 16.9 Å². The van der Waals surface area contributed by atoms with Gasteiger partial charge in [0, 0.05) is 5.39 Å². The molecule has 2 nitrogen and oxygen atoms in total. The van der Waals surface area contributed by atoms with Crippen molar-refractivity contribution in [3.05, 3.63) is 36.0 Å². The molecule has 0 spiro atoms. The van der Waals surface area contributed by atoms with Gasteiger partial charge in [0.25, 0.3) is 0 Å². The lowest BCUT2D eigenvalue weighted by Gasteiger charge is -2.09. The molecule has 2 aromatic rings. The van der Waals surface area contributed by atoms with E-state index in [9.17, 15) is 0 Å². The van der Waals surface area contributed by atoms with Crippen LogP contribution in [0, 0.1) is 0 Å². The van der Waals surface area contributed by atoms with Crippen LogP contribution in [-0.4, -0.2) is 4.98 Å². The smallest absolute Gasteiger partial charge is 0.0707 e. The molecular formula is C12H14N2. The third-order valence-corrected chi connectivity index (χ3v) is 2.33. The third kappa shape index (κ3) is 1.43. The Morgan fingerprint density at radius 3 is 2.64 bits per heavy atom. The molecule has 0 saturated carbocycles. The molecule has 0 fully saturated rings. The summed E-state index contributed by atoms with van der Waals surface area (Å²) in [5.74, 6) is 0.375. The molecule has 0 aliphatic heterocycles. The molecule has 0 unspecified atom stereocenters. The summed E-state index contributed by atoms with van der Waals surface area (Å²) in [6.45, 7) is 4.21. The molecule has 1 aromatic carbocycles. The van der Waals surface area contributed by atoms with Crippen molar-refractivity contribution in [2.45, 2.75) is 19.8 Å². The Balaban J connectivity index is 2.71. The van der Waals surface area contributed by atoms with Gasteiger partial charge >= 0.3 is 0 Å². The minimum absolute atomic E-state index is 0.375. The van der Waals surface area contributed by atoms with Crippen molar-refractivity contribution in [1.82, 2.24) is 4.98 Å². The summed E-state index contributed by atoms with van der Waals surface area (Å²) in [5.41, 5.74) is 8.72. The highest BCUT2D eigenvalue weighted by molar-refractivity contribution is 5.82. The molecule has 0 bridgehead atoms. The van der Waals surface area contributed by atoms with E-state index in [1.54, 1.807) is 0 Å². The number of anilines is 1. The number of fused-ring (bicyclic) bond motifs is 1. The molecule has 1 aromatic heterocycles. The zero-order chi connectivity index (χ0) is 10.1. The Morgan fingerprint density at radius 2 is 1.93 bits per heavy atom. The van der Waals surface area contributed by atoms with Crippen molar-refractivity contribution in [3.63, 3.8) is 0 Å². The number of nitrogens with zero attached hydrogens (tertiary/aromatic N) is 1. The predicted molar refractivity (Wildman–Crippen MR) is 60.2 cm³/mol. The first-order valence-electron chi connectivity index (χ1n) is 4.83. The SMILES string of the molecule is CC(C)c1nc2ccccc2cc1N. The second-order valence-corrected chi connectivity index (χ2v) is 3.81. The van der Waals surface area contributed by atoms with Crippen molar-refractivity contribution >= 4 is 16.6 Å². The van der Waals surface area contributed by atoms with E-state index in [1.165, 1.54) is 0 Å². The maximum absolute atomic E-state index is 5.93. The van der Waals surface area contributed by atoms with Gasteiger partial charge in [0.1, 0.15) is 0 Å². The quantitative estimate of drug-likeness (QED) is 0.743. The number of nitrogens with two attached hydrogens (primary N) is 1. The van der Waals surface area contributed by atoms with Gasteiger partial charge in [0.15, 0.2) is 0 Å². The maximum atomic E-state index is 5.93. The Bertz CT molecular complexity index is 461. The first kappa shape index (κ1) is 9.00. The molecule has 2 rings (SSSR count). The van der Waals surface area contributed by atoms with E-state index in [0.717, 1.165) is 22.3 Å². The van der Waals surface area contributed by atoms with Crippen molar-refractivity contribution in [1.29, 1.82) is 0 Å². The van der Waals surface area contributed by atoms with E-state index >= 15 is 0 Å². The van der Waals surface area contributed by atoms with Crippen molar-refractivity contribution in [2.75, 3.05) is 5.73 Å². The van der Waals surface area contributed by atoms with Crippen LogP contribution >= 0.6 is 0 Å². The van der Waals surface area contributed by atoms with E-state index in [0.29, 0.717) is 5.92 Å². The molecule has 0 radical (unpaired) electrons. The zero-order valence-electron chi connectivity index (χ0n) is 8.49. The summed E-state index contributed by atoms with van der Waals surface area (Å²) >= 11 is 0. The van der Waals surface area contributed by atoms with Crippen LogP contribution in [-0.2, 0) is 0 Å². The lowest BCUT2D eigenvalue weighted by Crippen LogP contribution is -2.00. The minimum atomic E-state index is 0.375. The monoisotopic (exact) mass is 186 g/mol. The Labute approximate surface area is 83.8 Å². The summed E-state index contributed by atoms with van der Waals surface area (Å²) in [5, 5.41) is 1.11. The van der Waals surface area contributed by atoms with Crippen LogP contribution in [0.25, 0.3) is 10.9 Å². The van der Waals surface area contributed by atoms with E-state index in [-0.39, 0.29) is 0 Å². The van der Waals surface area contributed by atoms with Gasteiger partial charge in [-0.25, -0.2) is 0 Å². The summed E-state index contributed by atoms with van der Waals surface area (Å²) in [6, 6.07) is 10.0. The minimum Gasteiger partial charge on any atom is -0.397 e. The second-order valence-electron chi connectivity index (χ2n) is 3.81. The number of hydrogen-bond donors (Lipinski definition) is 1. The highest BCUT2D eigenvalue weighted by Crippen LogP contribution is 2.23. The summed E-state index contributed by atoms with van der Waals surface area (Å²) in [4.78, 5) is 4.55. The van der Waals surface area contributed by atoms with Gasteiger partial charge in [-0.3, -0.25) is 4.98 Å². The average Bonchev–Trinajstić information content (AvgIpc) is 2.16. The van der Waals surface area contributed by atoms with Gasteiger partial charge in [-0.2, -0.15) is 0 Å². The number of nitrogen functional groups attached to an aromatic ring is 1. The van der Waals surface area contributed by atoms with Gasteiger partial charge in [-0.15, -0.1) is 0 Å². The van der Waals surface area contributed by atoms with E-state index in [4.69, 9.17) is 5.73 Å². The standard InChI is InChI=1S/C12H14N2/c1-8(2)12-10(13)7-9-5-3-4-6-11(9)14-12/h3-8H,13H2,1-2H3. The van der Waals surface area contributed by atoms with Crippen LogP contribution in [0.5, 0.6) is 0 Å². The molecule has 0 aliphatic carbocycles. The molecular weight excluding hydrogens is 172 g/mol. The number of pyridine rings is 1. The first-order valence-corrected chi connectivity index (χ1v) is 4.83. The van der Waals surface area contributed by atoms with Gasteiger partial charge in [0.2, 0.25) is 0 Å². The van der Waals surface area contributed by atoms with Crippen molar-refractivity contribution in [2.24, 2.45) is 0 Å². The van der Waals surface area contributed by atoms with Crippen molar-refractivity contribution in [3.8, 4) is 0 Å². The van der Waals surface area contributed by atoms with Gasteiger partial charge in [-0.05, 0) is 18.1 Å². The lowest BCUT2D eigenvalue weighted by atomic mass is 10.1. The number of rotatable bonds is 1. The van der Waals surface area contributed by atoms with E-state index in [2.05, 4.69) is 18.8 Å². The Hall–Kier alpha value is -1.57. The predicted octanol–water partition coefficient (Wildman–Crippen LogP) is 2.94. The molecule has 1 heterocycles. The Morgan fingerprint density at radius 1 is 1.21 bits per heavy atom. The number of para-hydroxylation sites is 1. The highest BCUT2D eigenvalue weighted by Gasteiger charge is 2.06. The van der Waals surface area contributed by atoms with E-state index < -0.39 is 0 Å². The largest absolute Gasteiger partial charge is 0.397 e. The molecule has 2 N–H and O–H groups in total. The van der Waals surface area contributed by atoms with Crippen molar-refractivity contribution < 1.29 is 0 Å². The van der Waals surface area contributed by atoms with Crippen LogP contribution in [0.1, 0.15) is 25.5 Å². The molecule has 14 heavy (non-hydrogen) atoms. The summed E-state index contributed by atoms with van der Waals surface area (Å²) < 4.78 is 0. The molecule has 0 atom stereocenters. The topological polar surface area (TPSA) is 38.9 Å². The molecule has 72 valence electrons.